The van der Waals surface area contributed by atoms with Crippen molar-refractivity contribution < 1.29 is 4.74 Å². The van der Waals surface area contributed by atoms with Gasteiger partial charge in [0, 0.05) is 5.02 Å². The number of benzene rings is 1. The molecule has 0 bridgehead atoms. The van der Waals surface area contributed by atoms with Gasteiger partial charge in [0.05, 0.1) is 6.61 Å². The van der Waals surface area contributed by atoms with Crippen LogP contribution in [-0.2, 0) is 0 Å². The normalized spacial score (nSPS) is 10.7. The van der Waals surface area contributed by atoms with Gasteiger partial charge in [-0.05, 0) is 30.7 Å². The Morgan fingerprint density at radius 2 is 1.25 bits per heavy atom. The molecule has 114 valence electrons. The summed E-state index contributed by atoms with van der Waals surface area (Å²) in [6.45, 7) is 3.09. The Bertz CT molecular complexity index is 321. The van der Waals surface area contributed by atoms with E-state index in [1.165, 1.54) is 57.8 Å². The number of hydrogen-bond acceptors (Lipinski definition) is 1. The second-order valence-corrected chi connectivity index (χ2v) is 5.92. The molecule has 0 saturated carbocycles. The standard InChI is InChI=1S/C18H29ClO/c1-2-3-4-5-6-7-8-9-10-11-16-20-18-14-12-17(19)13-15-18/h12-15H,2-11,16H2,1H3. The molecule has 0 spiro atoms. The minimum atomic E-state index is 0.760. The maximum absolute atomic E-state index is 5.83. The molecule has 0 aliphatic carbocycles. The van der Waals surface area contributed by atoms with Crippen molar-refractivity contribution in [1.82, 2.24) is 0 Å². The molecule has 1 nitrogen and oxygen atoms in total. The summed E-state index contributed by atoms with van der Waals surface area (Å²) in [7, 11) is 0. The van der Waals surface area contributed by atoms with Crippen LogP contribution in [0.25, 0.3) is 0 Å². The summed E-state index contributed by atoms with van der Waals surface area (Å²) in [6, 6.07) is 7.60. The molecule has 2 heteroatoms. The Kier molecular flexibility index (Phi) is 10.5. The van der Waals surface area contributed by atoms with Crippen molar-refractivity contribution in [3.63, 3.8) is 0 Å². The highest BCUT2D eigenvalue weighted by atomic mass is 35.5. The molecule has 0 N–H and O–H groups in total. The summed E-state index contributed by atoms with van der Waals surface area (Å²) in [6.07, 6.45) is 13.6. The first-order valence-corrected chi connectivity index (χ1v) is 8.59. The fourth-order valence-corrected chi connectivity index (χ4v) is 2.44. The third-order valence-electron chi connectivity index (χ3n) is 3.58. The highest BCUT2D eigenvalue weighted by molar-refractivity contribution is 6.30. The predicted octanol–water partition coefficient (Wildman–Crippen LogP) is 6.64. The summed E-state index contributed by atoms with van der Waals surface area (Å²) < 4.78 is 5.67. The van der Waals surface area contributed by atoms with Crippen molar-refractivity contribution in [2.75, 3.05) is 6.61 Å². The van der Waals surface area contributed by atoms with Crippen LogP contribution in [0.5, 0.6) is 5.75 Å². The second kappa shape index (κ2) is 12.1. The van der Waals surface area contributed by atoms with Gasteiger partial charge in [-0.2, -0.15) is 0 Å². The average Bonchev–Trinajstić information content (AvgIpc) is 2.47. The molecule has 0 aliphatic heterocycles. The Balaban J connectivity index is 1.84. The first-order chi connectivity index (χ1) is 9.83. The van der Waals surface area contributed by atoms with Crippen molar-refractivity contribution in [2.24, 2.45) is 0 Å². The first kappa shape index (κ1) is 17.4. The van der Waals surface area contributed by atoms with Gasteiger partial charge in [-0.3, -0.25) is 0 Å². The van der Waals surface area contributed by atoms with E-state index in [4.69, 9.17) is 16.3 Å². The smallest absolute Gasteiger partial charge is 0.119 e. The number of ether oxygens (including phenoxy) is 1. The van der Waals surface area contributed by atoms with Crippen molar-refractivity contribution >= 4 is 11.6 Å². The molecule has 0 fully saturated rings. The molecule has 1 aromatic rings. The van der Waals surface area contributed by atoms with Crippen molar-refractivity contribution in [3.8, 4) is 5.75 Å². The van der Waals surface area contributed by atoms with Crippen LogP contribution in [0.1, 0.15) is 71.1 Å². The van der Waals surface area contributed by atoms with Gasteiger partial charge in [-0.25, -0.2) is 0 Å². The number of halogens is 1. The lowest BCUT2D eigenvalue weighted by Gasteiger charge is -2.06. The lowest BCUT2D eigenvalue weighted by atomic mass is 10.1. The third kappa shape index (κ3) is 9.25. The quantitative estimate of drug-likeness (QED) is 0.393. The highest BCUT2D eigenvalue weighted by Gasteiger charge is 1.95. The Morgan fingerprint density at radius 1 is 0.750 bits per heavy atom. The van der Waals surface area contributed by atoms with E-state index in [9.17, 15) is 0 Å². The largest absolute Gasteiger partial charge is 0.494 e. The number of hydrogen-bond donors (Lipinski definition) is 0. The molecule has 1 aromatic carbocycles. The van der Waals surface area contributed by atoms with Crippen LogP contribution in [0.3, 0.4) is 0 Å². The molecule has 0 heterocycles. The molecule has 1 rings (SSSR count). The lowest BCUT2D eigenvalue weighted by Crippen LogP contribution is -1.96. The van der Waals surface area contributed by atoms with E-state index in [2.05, 4.69) is 6.92 Å². The molecule has 0 aromatic heterocycles. The molecular formula is C18H29ClO. The first-order valence-electron chi connectivity index (χ1n) is 8.21. The summed E-state index contributed by atoms with van der Waals surface area (Å²) in [5.41, 5.74) is 0. The van der Waals surface area contributed by atoms with E-state index >= 15 is 0 Å². The Labute approximate surface area is 129 Å². The zero-order valence-electron chi connectivity index (χ0n) is 12.9. The number of unbranched alkanes of at least 4 members (excludes halogenated alkanes) is 9. The topological polar surface area (TPSA) is 9.23 Å². The van der Waals surface area contributed by atoms with Crippen molar-refractivity contribution in [3.05, 3.63) is 29.3 Å². The van der Waals surface area contributed by atoms with Crippen LogP contribution in [-0.4, -0.2) is 6.61 Å². The zero-order valence-corrected chi connectivity index (χ0v) is 13.6. The Hall–Kier alpha value is -0.690. The van der Waals surface area contributed by atoms with Gasteiger partial charge in [0.2, 0.25) is 0 Å². The molecule has 0 radical (unpaired) electrons. The van der Waals surface area contributed by atoms with Gasteiger partial charge in [-0.1, -0.05) is 76.3 Å². The summed E-state index contributed by atoms with van der Waals surface area (Å²) in [5, 5.41) is 0.760. The van der Waals surface area contributed by atoms with E-state index in [1.54, 1.807) is 0 Å². The molecule has 0 atom stereocenters. The van der Waals surface area contributed by atoms with Gasteiger partial charge in [0.1, 0.15) is 5.75 Å². The van der Waals surface area contributed by atoms with Gasteiger partial charge in [0.25, 0.3) is 0 Å². The Morgan fingerprint density at radius 3 is 1.80 bits per heavy atom. The molecular weight excluding hydrogens is 268 g/mol. The zero-order chi connectivity index (χ0) is 14.5. The van der Waals surface area contributed by atoms with Crippen molar-refractivity contribution in [2.45, 2.75) is 71.1 Å². The van der Waals surface area contributed by atoms with Crippen LogP contribution in [0, 0.1) is 0 Å². The van der Waals surface area contributed by atoms with Crippen LogP contribution >= 0.6 is 11.6 Å². The van der Waals surface area contributed by atoms with Gasteiger partial charge in [0.15, 0.2) is 0 Å². The van der Waals surface area contributed by atoms with Gasteiger partial charge >= 0.3 is 0 Å². The third-order valence-corrected chi connectivity index (χ3v) is 3.83. The molecule has 0 amide bonds. The van der Waals surface area contributed by atoms with Crippen LogP contribution in [0.2, 0.25) is 5.02 Å². The van der Waals surface area contributed by atoms with Crippen molar-refractivity contribution in [1.29, 1.82) is 0 Å². The second-order valence-electron chi connectivity index (χ2n) is 5.48. The SMILES string of the molecule is CCCCCCCCCCCCOc1ccc(Cl)cc1. The summed E-state index contributed by atoms with van der Waals surface area (Å²) >= 11 is 5.83. The fraction of sp³-hybridized carbons (Fsp3) is 0.667. The van der Waals surface area contributed by atoms with E-state index < -0.39 is 0 Å². The monoisotopic (exact) mass is 296 g/mol. The molecule has 0 unspecified atom stereocenters. The fourth-order valence-electron chi connectivity index (χ4n) is 2.31. The van der Waals surface area contributed by atoms with E-state index in [0.717, 1.165) is 23.8 Å². The van der Waals surface area contributed by atoms with Crippen LogP contribution in [0.15, 0.2) is 24.3 Å². The maximum Gasteiger partial charge on any atom is 0.119 e. The average molecular weight is 297 g/mol. The predicted molar refractivity (Wildman–Crippen MR) is 88.8 cm³/mol. The summed E-state index contributed by atoms with van der Waals surface area (Å²) in [4.78, 5) is 0. The van der Waals surface area contributed by atoms with E-state index in [-0.39, 0.29) is 0 Å². The molecule has 0 saturated heterocycles. The molecule has 20 heavy (non-hydrogen) atoms. The maximum atomic E-state index is 5.83. The summed E-state index contributed by atoms with van der Waals surface area (Å²) in [5.74, 6) is 0.922. The lowest BCUT2D eigenvalue weighted by molar-refractivity contribution is 0.304. The van der Waals surface area contributed by atoms with E-state index in [1.807, 2.05) is 24.3 Å². The van der Waals surface area contributed by atoms with Crippen LogP contribution < -0.4 is 4.74 Å². The van der Waals surface area contributed by atoms with Gasteiger partial charge in [-0.15, -0.1) is 0 Å². The minimum Gasteiger partial charge on any atom is -0.494 e. The molecule has 0 aliphatic rings. The number of rotatable bonds is 12. The van der Waals surface area contributed by atoms with Gasteiger partial charge < -0.3 is 4.74 Å². The minimum absolute atomic E-state index is 0.760. The van der Waals surface area contributed by atoms with Crippen LogP contribution in [0.4, 0.5) is 0 Å². The highest BCUT2D eigenvalue weighted by Crippen LogP contribution is 2.16. The van der Waals surface area contributed by atoms with E-state index in [0.29, 0.717) is 0 Å².